The van der Waals surface area contributed by atoms with E-state index in [2.05, 4.69) is 14.7 Å². The molecule has 0 spiro atoms. The second-order valence-corrected chi connectivity index (χ2v) is 4.19. The van der Waals surface area contributed by atoms with E-state index in [-0.39, 0.29) is 0 Å². The molecular weight excluding hydrogens is 244 g/mol. The largest absolute Gasteiger partial charge is 0.365 e. The molecule has 16 heavy (non-hydrogen) atoms. The van der Waals surface area contributed by atoms with E-state index in [0.717, 1.165) is 5.69 Å². The maximum absolute atomic E-state index is 11.2. The molecule has 2 heterocycles. The van der Waals surface area contributed by atoms with Crippen LogP contribution in [-0.4, -0.2) is 15.3 Å². The summed E-state index contributed by atoms with van der Waals surface area (Å²) >= 11 is 6.19. The lowest BCUT2D eigenvalue weighted by Gasteiger charge is -2.03. The van der Waals surface area contributed by atoms with Crippen LogP contribution in [-0.2, 0) is 0 Å². The smallest absolute Gasteiger partial charge is 0.254 e. The summed E-state index contributed by atoms with van der Waals surface area (Å²) in [5, 5.41) is 3.63. The molecule has 7 heteroatoms. The third kappa shape index (κ3) is 2.10. The number of pyridine rings is 1. The first kappa shape index (κ1) is 10.8. The number of hydrogen-bond acceptors (Lipinski definition) is 5. The number of amides is 1. The van der Waals surface area contributed by atoms with Gasteiger partial charge < -0.3 is 11.1 Å². The number of primary amides is 1. The molecule has 0 aliphatic rings. The summed E-state index contributed by atoms with van der Waals surface area (Å²) in [6, 6.07) is 3.62. The lowest BCUT2D eigenvalue weighted by atomic mass is 10.3. The van der Waals surface area contributed by atoms with Gasteiger partial charge in [-0.3, -0.25) is 14.2 Å². The molecule has 4 N–H and O–H groups in total. The first-order valence-electron chi connectivity index (χ1n) is 4.37. The molecule has 0 atom stereocenters. The minimum atomic E-state index is -0.547. The van der Waals surface area contributed by atoms with Crippen molar-refractivity contribution < 1.29 is 4.79 Å². The maximum atomic E-state index is 11.2. The molecule has 2 rings (SSSR count). The van der Waals surface area contributed by atoms with Crippen LogP contribution >= 0.6 is 23.8 Å². The zero-order valence-corrected chi connectivity index (χ0v) is 9.69. The van der Waals surface area contributed by atoms with E-state index in [1.807, 2.05) is 6.07 Å². The molecule has 0 bridgehead atoms. The van der Waals surface area contributed by atoms with Crippen LogP contribution in [0.3, 0.4) is 0 Å². The molecule has 0 aromatic carbocycles. The number of nitrogens with zero attached hydrogens (tertiary/aromatic N) is 1. The van der Waals surface area contributed by atoms with Gasteiger partial charge in [0.1, 0.15) is 15.2 Å². The van der Waals surface area contributed by atoms with Gasteiger partial charge in [0.25, 0.3) is 5.91 Å². The van der Waals surface area contributed by atoms with E-state index in [1.54, 1.807) is 18.5 Å². The van der Waals surface area contributed by atoms with Crippen LogP contribution in [0.4, 0.5) is 10.7 Å². The van der Waals surface area contributed by atoms with Crippen molar-refractivity contribution in [2.45, 2.75) is 0 Å². The van der Waals surface area contributed by atoms with Gasteiger partial charge in [0, 0.05) is 6.20 Å². The highest BCUT2D eigenvalue weighted by atomic mass is 32.1. The fourth-order valence-electron chi connectivity index (χ4n) is 1.18. The summed E-state index contributed by atoms with van der Waals surface area (Å²) in [5.74, 6) is -0.547. The highest BCUT2D eigenvalue weighted by Crippen LogP contribution is 2.25. The Morgan fingerprint density at radius 2 is 2.44 bits per heavy atom. The molecule has 0 fully saturated rings. The van der Waals surface area contributed by atoms with Gasteiger partial charge in [0.15, 0.2) is 0 Å². The van der Waals surface area contributed by atoms with E-state index in [0.29, 0.717) is 15.2 Å². The number of H-pyrrole nitrogens is 1. The van der Waals surface area contributed by atoms with Crippen molar-refractivity contribution in [2.24, 2.45) is 5.73 Å². The van der Waals surface area contributed by atoms with Gasteiger partial charge in [-0.25, -0.2) is 0 Å². The first-order valence-corrected chi connectivity index (χ1v) is 5.59. The monoisotopic (exact) mass is 252 g/mol. The van der Waals surface area contributed by atoms with E-state index >= 15 is 0 Å². The SMILES string of the molecule is NC(=O)c1c(Nc2cccnc2)s[nH]c1=S. The van der Waals surface area contributed by atoms with E-state index in [4.69, 9.17) is 18.0 Å². The first-order chi connectivity index (χ1) is 7.68. The summed E-state index contributed by atoms with van der Waals surface area (Å²) in [5.41, 5.74) is 6.32. The number of nitrogens with two attached hydrogens (primary N) is 1. The molecule has 82 valence electrons. The van der Waals surface area contributed by atoms with Gasteiger partial charge in [-0.05, 0) is 23.7 Å². The highest BCUT2D eigenvalue weighted by molar-refractivity contribution is 7.71. The van der Waals surface area contributed by atoms with Crippen LogP contribution in [0, 0.1) is 4.64 Å². The van der Waals surface area contributed by atoms with Crippen molar-refractivity contribution in [3.63, 3.8) is 0 Å². The number of aromatic amines is 1. The van der Waals surface area contributed by atoms with Crippen LogP contribution in [0.25, 0.3) is 0 Å². The number of anilines is 2. The second-order valence-electron chi connectivity index (χ2n) is 2.97. The van der Waals surface area contributed by atoms with Gasteiger partial charge in [-0.15, -0.1) is 0 Å². The van der Waals surface area contributed by atoms with Crippen LogP contribution in [0.5, 0.6) is 0 Å². The molecule has 0 unspecified atom stereocenters. The van der Waals surface area contributed by atoms with Gasteiger partial charge >= 0.3 is 0 Å². The number of aromatic nitrogens is 2. The van der Waals surface area contributed by atoms with Crippen LogP contribution in [0.15, 0.2) is 24.5 Å². The molecule has 2 aromatic heterocycles. The summed E-state index contributed by atoms with van der Waals surface area (Å²) in [4.78, 5) is 15.1. The predicted molar refractivity (Wildman–Crippen MR) is 65.5 cm³/mol. The lowest BCUT2D eigenvalue weighted by molar-refractivity contribution is 0.100. The Kier molecular flexibility index (Phi) is 2.97. The molecule has 0 saturated heterocycles. The molecule has 5 nitrogen and oxygen atoms in total. The lowest BCUT2D eigenvalue weighted by Crippen LogP contribution is -2.12. The van der Waals surface area contributed by atoms with E-state index in [9.17, 15) is 4.79 Å². The maximum Gasteiger partial charge on any atom is 0.254 e. The fraction of sp³-hybridized carbons (Fsp3) is 0. The number of carbonyl (C=O) groups excluding carboxylic acids is 1. The third-order valence-electron chi connectivity index (χ3n) is 1.87. The van der Waals surface area contributed by atoms with E-state index in [1.165, 1.54) is 11.5 Å². The van der Waals surface area contributed by atoms with Crippen molar-refractivity contribution in [1.82, 2.24) is 9.36 Å². The Hall–Kier alpha value is -1.73. The Morgan fingerprint density at radius 3 is 3.06 bits per heavy atom. The fourth-order valence-corrected chi connectivity index (χ4v) is 2.34. The number of rotatable bonds is 3. The Bertz CT molecular complexity index is 560. The molecule has 0 aliphatic carbocycles. The van der Waals surface area contributed by atoms with Crippen LogP contribution in [0.1, 0.15) is 10.4 Å². The van der Waals surface area contributed by atoms with Gasteiger partial charge in [0.05, 0.1) is 11.9 Å². The zero-order valence-electron chi connectivity index (χ0n) is 8.06. The van der Waals surface area contributed by atoms with Crippen molar-refractivity contribution in [2.75, 3.05) is 5.32 Å². The Balaban J connectivity index is 2.36. The minimum Gasteiger partial charge on any atom is -0.365 e. The minimum absolute atomic E-state index is 0.309. The predicted octanol–water partition coefficient (Wildman–Crippen LogP) is 2.04. The average molecular weight is 252 g/mol. The van der Waals surface area contributed by atoms with Crippen molar-refractivity contribution >= 4 is 40.3 Å². The van der Waals surface area contributed by atoms with Crippen LogP contribution in [0.2, 0.25) is 0 Å². The quantitative estimate of drug-likeness (QED) is 0.730. The summed E-state index contributed by atoms with van der Waals surface area (Å²) in [6.07, 6.45) is 3.31. The van der Waals surface area contributed by atoms with E-state index < -0.39 is 5.91 Å². The molecule has 1 amide bonds. The van der Waals surface area contributed by atoms with Gasteiger partial charge in [0.2, 0.25) is 0 Å². The zero-order chi connectivity index (χ0) is 11.5. The molecule has 0 aliphatic heterocycles. The molecule has 0 radical (unpaired) electrons. The normalized spacial score (nSPS) is 10.0. The van der Waals surface area contributed by atoms with Crippen molar-refractivity contribution in [1.29, 1.82) is 0 Å². The summed E-state index contributed by atoms with van der Waals surface area (Å²) < 4.78 is 3.16. The topological polar surface area (TPSA) is 83.8 Å². The van der Waals surface area contributed by atoms with Gasteiger partial charge in [-0.1, -0.05) is 12.2 Å². The molecule has 2 aromatic rings. The van der Waals surface area contributed by atoms with Crippen molar-refractivity contribution in [3.8, 4) is 0 Å². The van der Waals surface area contributed by atoms with Crippen molar-refractivity contribution in [3.05, 3.63) is 34.7 Å². The number of nitrogens with one attached hydrogen (secondary N) is 2. The molecule has 0 saturated carbocycles. The summed E-state index contributed by atoms with van der Waals surface area (Å²) in [7, 11) is 0. The molecular formula is C9H8N4OS2. The standard InChI is InChI=1S/C9H8N4OS2/c10-7(14)6-8(15)13-16-9(6)12-5-2-1-3-11-4-5/h1-4,12H,(H2,10,14)(H,13,15). The van der Waals surface area contributed by atoms with Crippen LogP contribution < -0.4 is 11.1 Å². The second kappa shape index (κ2) is 4.42. The average Bonchev–Trinajstić information content (AvgIpc) is 2.61. The highest BCUT2D eigenvalue weighted by Gasteiger charge is 2.13. The summed E-state index contributed by atoms with van der Waals surface area (Å²) in [6.45, 7) is 0. The number of hydrogen-bond donors (Lipinski definition) is 3. The number of carbonyl (C=O) groups is 1. The third-order valence-corrected chi connectivity index (χ3v) is 3.12. The van der Waals surface area contributed by atoms with Gasteiger partial charge in [-0.2, -0.15) is 0 Å². The Morgan fingerprint density at radius 1 is 1.62 bits per heavy atom. The Labute approximate surface area is 100 Å².